The predicted octanol–water partition coefficient (Wildman–Crippen LogP) is 2.41. The number of rotatable bonds is 2. The normalized spacial score (nSPS) is 9.27. The zero-order chi connectivity index (χ0) is 8.27. The second-order valence-corrected chi connectivity index (χ2v) is 3.22. The average Bonchev–Trinajstić information content (AvgIpc) is 2.04. The maximum atomic E-state index is 10.1. The van der Waals surface area contributed by atoms with E-state index in [-0.39, 0.29) is 0 Å². The lowest BCUT2D eigenvalue weighted by Gasteiger charge is -2.09. The van der Waals surface area contributed by atoms with Crippen molar-refractivity contribution in [3.05, 3.63) is 32.7 Å². The highest BCUT2D eigenvalue weighted by atomic mass is 127. The Labute approximate surface area is 78.5 Å². The molecule has 0 radical (unpaired) electrons. The molecule has 1 rings (SSSR count). The predicted molar refractivity (Wildman–Crippen MR) is 53.4 cm³/mol. The number of hydrogen-bond donors (Lipinski definition) is 0. The van der Waals surface area contributed by atoms with Crippen LogP contribution in [0.15, 0.2) is 29.6 Å². The molecule has 0 amide bonds. The summed E-state index contributed by atoms with van der Waals surface area (Å²) in [4.78, 5) is 10.1. The maximum absolute atomic E-state index is 10.1. The summed E-state index contributed by atoms with van der Waals surface area (Å²) >= 11 is 2.16. The third-order valence-electron chi connectivity index (χ3n) is 1.32. The van der Waals surface area contributed by atoms with E-state index in [1.54, 1.807) is 7.05 Å². The SMILES string of the molecule is CN(N=O)c1ccccc1I. The first-order valence-corrected chi connectivity index (χ1v) is 4.15. The number of nitrogens with zero attached hydrogens (tertiary/aromatic N) is 2. The van der Waals surface area contributed by atoms with Crippen LogP contribution in [0.4, 0.5) is 5.69 Å². The number of para-hydroxylation sites is 1. The number of benzene rings is 1. The molecule has 0 unspecified atom stereocenters. The molecule has 0 atom stereocenters. The van der Waals surface area contributed by atoms with Gasteiger partial charge in [0.25, 0.3) is 0 Å². The first kappa shape index (κ1) is 8.45. The lowest BCUT2D eigenvalue weighted by molar-refractivity contribution is 1.000. The Kier molecular flexibility index (Phi) is 2.81. The van der Waals surface area contributed by atoms with E-state index in [1.165, 1.54) is 5.01 Å². The molecule has 0 bridgehead atoms. The van der Waals surface area contributed by atoms with Gasteiger partial charge >= 0.3 is 0 Å². The van der Waals surface area contributed by atoms with Crippen LogP contribution in [0.3, 0.4) is 0 Å². The van der Waals surface area contributed by atoms with Crippen molar-refractivity contribution in [3.63, 3.8) is 0 Å². The van der Waals surface area contributed by atoms with Crippen molar-refractivity contribution in [1.29, 1.82) is 0 Å². The molecule has 0 heterocycles. The number of halogens is 1. The van der Waals surface area contributed by atoms with Crippen LogP contribution >= 0.6 is 22.6 Å². The molecule has 0 aliphatic rings. The third kappa shape index (κ3) is 1.89. The summed E-state index contributed by atoms with van der Waals surface area (Å²) in [6, 6.07) is 7.57. The summed E-state index contributed by atoms with van der Waals surface area (Å²) in [5.41, 5.74) is 0.836. The van der Waals surface area contributed by atoms with Crippen molar-refractivity contribution in [2.75, 3.05) is 12.1 Å². The zero-order valence-electron chi connectivity index (χ0n) is 5.99. The molecule has 0 fully saturated rings. The Morgan fingerprint density at radius 1 is 1.45 bits per heavy atom. The minimum absolute atomic E-state index is 0.836. The first-order chi connectivity index (χ1) is 5.25. The molecular formula is C7H7IN2O. The third-order valence-corrected chi connectivity index (χ3v) is 2.24. The molecule has 0 spiro atoms. The summed E-state index contributed by atoms with van der Waals surface area (Å²) in [7, 11) is 1.63. The van der Waals surface area contributed by atoms with Crippen LogP contribution in [0.2, 0.25) is 0 Å². The second kappa shape index (κ2) is 3.66. The number of nitroso groups, excluding NO2 is 1. The van der Waals surface area contributed by atoms with Gasteiger partial charge in [0, 0.05) is 10.6 Å². The standard InChI is InChI=1S/C7H7IN2O/c1-10(9-11)7-5-3-2-4-6(7)8/h2-5H,1H3. The van der Waals surface area contributed by atoms with E-state index < -0.39 is 0 Å². The van der Waals surface area contributed by atoms with Gasteiger partial charge in [-0.1, -0.05) is 12.1 Å². The molecule has 1 aromatic rings. The lowest BCUT2D eigenvalue weighted by atomic mass is 10.3. The average molecular weight is 262 g/mol. The molecule has 11 heavy (non-hydrogen) atoms. The van der Waals surface area contributed by atoms with Crippen LogP contribution in [0.5, 0.6) is 0 Å². The molecule has 58 valence electrons. The highest BCUT2D eigenvalue weighted by molar-refractivity contribution is 14.1. The molecule has 1 aromatic carbocycles. The van der Waals surface area contributed by atoms with Crippen molar-refractivity contribution < 1.29 is 0 Å². The maximum Gasteiger partial charge on any atom is 0.0756 e. The van der Waals surface area contributed by atoms with E-state index in [1.807, 2.05) is 24.3 Å². The Balaban J connectivity index is 3.02. The highest BCUT2D eigenvalue weighted by Gasteiger charge is 2.02. The number of hydrogen-bond acceptors (Lipinski definition) is 2. The van der Waals surface area contributed by atoms with E-state index in [0.717, 1.165) is 9.26 Å². The Morgan fingerprint density at radius 2 is 2.09 bits per heavy atom. The van der Waals surface area contributed by atoms with Gasteiger partial charge in [0.1, 0.15) is 0 Å². The van der Waals surface area contributed by atoms with Gasteiger partial charge in [-0.05, 0) is 34.7 Å². The molecular weight excluding hydrogens is 255 g/mol. The van der Waals surface area contributed by atoms with E-state index in [2.05, 4.69) is 27.9 Å². The minimum Gasteiger partial charge on any atom is -0.231 e. The molecule has 0 aliphatic heterocycles. The van der Waals surface area contributed by atoms with Crippen LogP contribution in [0, 0.1) is 8.48 Å². The highest BCUT2D eigenvalue weighted by Crippen LogP contribution is 2.20. The van der Waals surface area contributed by atoms with Crippen LogP contribution in [-0.2, 0) is 0 Å². The first-order valence-electron chi connectivity index (χ1n) is 3.07. The zero-order valence-corrected chi connectivity index (χ0v) is 8.15. The monoisotopic (exact) mass is 262 g/mol. The smallest absolute Gasteiger partial charge is 0.0756 e. The summed E-state index contributed by atoms with van der Waals surface area (Å²) in [6.45, 7) is 0. The van der Waals surface area contributed by atoms with Gasteiger partial charge < -0.3 is 0 Å². The van der Waals surface area contributed by atoms with Crippen LogP contribution in [-0.4, -0.2) is 7.05 Å². The summed E-state index contributed by atoms with van der Waals surface area (Å²) < 4.78 is 1.02. The van der Waals surface area contributed by atoms with E-state index in [9.17, 15) is 4.91 Å². The van der Waals surface area contributed by atoms with Crippen LogP contribution < -0.4 is 5.01 Å². The lowest BCUT2D eigenvalue weighted by Crippen LogP contribution is -2.07. The van der Waals surface area contributed by atoms with Gasteiger partial charge in [-0.15, -0.1) is 4.91 Å². The van der Waals surface area contributed by atoms with E-state index in [0.29, 0.717) is 0 Å². The van der Waals surface area contributed by atoms with Crippen LogP contribution in [0.1, 0.15) is 0 Å². The fourth-order valence-corrected chi connectivity index (χ4v) is 1.49. The molecule has 4 heteroatoms. The minimum atomic E-state index is 0.836. The van der Waals surface area contributed by atoms with Crippen molar-refractivity contribution in [3.8, 4) is 0 Å². The quantitative estimate of drug-likeness (QED) is 0.465. The second-order valence-electron chi connectivity index (χ2n) is 2.06. The van der Waals surface area contributed by atoms with Crippen molar-refractivity contribution in [2.24, 2.45) is 5.29 Å². The summed E-state index contributed by atoms with van der Waals surface area (Å²) in [5.74, 6) is 0. The van der Waals surface area contributed by atoms with Crippen molar-refractivity contribution in [2.45, 2.75) is 0 Å². The van der Waals surface area contributed by atoms with Gasteiger partial charge in [0.15, 0.2) is 0 Å². The topological polar surface area (TPSA) is 32.7 Å². The fourth-order valence-electron chi connectivity index (χ4n) is 0.758. The Hall–Kier alpha value is -0.650. The Bertz CT molecular complexity index is 264. The number of anilines is 1. The fraction of sp³-hybridized carbons (Fsp3) is 0.143. The van der Waals surface area contributed by atoms with Crippen molar-refractivity contribution >= 4 is 28.3 Å². The largest absolute Gasteiger partial charge is 0.231 e. The summed E-state index contributed by atoms with van der Waals surface area (Å²) in [5, 5.41) is 4.11. The van der Waals surface area contributed by atoms with Gasteiger partial charge in [-0.2, -0.15) is 0 Å². The molecule has 0 aliphatic carbocycles. The molecule has 0 saturated heterocycles. The van der Waals surface area contributed by atoms with Gasteiger partial charge in [0.2, 0.25) is 0 Å². The Morgan fingerprint density at radius 3 is 2.64 bits per heavy atom. The molecule has 0 aromatic heterocycles. The van der Waals surface area contributed by atoms with E-state index >= 15 is 0 Å². The molecule has 0 N–H and O–H groups in total. The van der Waals surface area contributed by atoms with Gasteiger partial charge in [-0.25, -0.2) is 5.01 Å². The van der Waals surface area contributed by atoms with Gasteiger partial charge in [0.05, 0.1) is 11.0 Å². The molecule has 3 nitrogen and oxygen atoms in total. The molecule has 0 saturated carbocycles. The van der Waals surface area contributed by atoms with Crippen molar-refractivity contribution in [1.82, 2.24) is 0 Å². The summed E-state index contributed by atoms with van der Waals surface area (Å²) in [6.07, 6.45) is 0. The van der Waals surface area contributed by atoms with E-state index in [4.69, 9.17) is 0 Å². The van der Waals surface area contributed by atoms with Crippen LogP contribution in [0.25, 0.3) is 0 Å². The van der Waals surface area contributed by atoms with Gasteiger partial charge in [-0.3, -0.25) is 0 Å².